The summed E-state index contributed by atoms with van der Waals surface area (Å²) < 4.78 is 1.40. The van der Waals surface area contributed by atoms with E-state index >= 15 is 0 Å². The zero-order chi connectivity index (χ0) is 13.2. The van der Waals surface area contributed by atoms with E-state index in [0.29, 0.717) is 5.41 Å². The monoisotopic (exact) mass is 271 g/mol. The average Bonchev–Trinajstić information content (AvgIpc) is 2.77. The maximum absolute atomic E-state index is 2.59. The molecule has 0 spiro atoms. The van der Waals surface area contributed by atoms with Crippen molar-refractivity contribution in [3.8, 4) is 0 Å². The van der Waals surface area contributed by atoms with Crippen LogP contribution in [-0.2, 0) is 0 Å². The van der Waals surface area contributed by atoms with E-state index in [2.05, 4.69) is 55.3 Å². The van der Waals surface area contributed by atoms with Crippen molar-refractivity contribution in [2.75, 3.05) is 18.0 Å². The van der Waals surface area contributed by atoms with Gasteiger partial charge in [-0.05, 0) is 58.2 Å². The number of benzene rings is 1. The minimum absolute atomic E-state index is 0.499. The predicted octanol–water partition coefficient (Wildman–Crippen LogP) is 4.63. The highest BCUT2D eigenvalue weighted by molar-refractivity contribution is 7.17. The first-order valence-electron chi connectivity index (χ1n) is 7.26. The van der Waals surface area contributed by atoms with E-state index in [-0.39, 0.29) is 0 Å². The molecule has 19 heavy (non-hydrogen) atoms. The minimum atomic E-state index is 0.499. The molecule has 2 aromatic rings. The quantitative estimate of drug-likeness (QED) is 0.731. The molecule has 1 aliphatic heterocycles. The summed E-state index contributed by atoms with van der Waals surface area (Å²) >= 11 is 1.83. The van der Waals surface area contributed by atoms with Crippen molar-refractivity contribution in [1.29, 1.82) is 0 Å². The maximum atomic E-state index is 2.59. The van der Waals surface area contributed by atoms with Gasteiger partial charge in [-0.25, -0.2) is 0 Å². The van der Waals surface area contributed by atoms with Crippen LogP contribution >= 0.6 is 11.3 Å². The van der Waals surface area contributed by atoms with Crippen molar-refractivity contribution >= 4 is 27.1 Å². The molecule has 2 fully saturated rings. The van der Waals surface area contributed by atoms with E-state index in [0.717, 1.165) is 17.8 Å². The molecule has 2 atom stereocenters. The average molecular weight is 271 g/mol. The van der Waals surface area contributed by atoms with Crippen LogP contribution in [0, 0.1) is 23.2 Å². The Labute approximate surface area is 119 Å². The van der Waals surface area contributed by atoms with Crippen LogP contribution in [0.2, 0.25) is 0 Å². The second-order valence-corrected chi connectivity index (χ2v) is 8.21. The number of thiophene rings is 1. The predicted molar refractivity (Wildman–Crippen MR) is 84.0 cm³/mol. The minimum Gasteiger partial charge on any atom is -0.371 e. The van der Waals surface area contributed by atoms with Gasteiger partial charge in [0.25, 0.3) is 0 Å². The van der Waals surface area contributed by atoms with Gasteiger partial charge in [0.05, 0.1) is 0 Å². The van der Waals surface area contributed by atoms with Gasteiger partial charge in [-0.1, -0.05) is 20.8 Å². The molecule has 0 N–H and O–H groups in total. The Morgan fingerprint density at radius 3 is 2.53 bits per heavy atom. The summed E-state index contributed by atoms with van der Waals surface area (Å²) in [5.74, 6) is 2.84. The van der Waals surface area contributed by atoms with Crippen molar-refractivity contribution in [2.45, 2.75) is 20.8 Å². The molecule has 0 radical (unpaired) electrons. The van der Waals surface area contributed by atoms with Gasteiger partial charge in [-0.3, -0.25) is 0 Å². The molecule has 1 saturated carbocycles. The van der Waals surface area contributed by atoms with Crippen molar-refractivity contribution in [1.82, 2.24) is 0 Å². The topological polar surface area (TPSA) is 3.24 Å². The van der Waals surface area contributed by atoms with Crippen LogP contribution in [0.5, 0.6) is 0 Å². The highest BCUT2D eigenvalue weighted by Gasteiger charge is 2.59. The molecular formula is C17H21NS. The SMILES string of the molecule is CC(C)(C)C1C2CN(c3ccc4sccc4c3)CC21. The van der Waals surface area contributed by atoms with Gasteiger partial charge in [0.2, 0.25) is 0 Å². The van der Waals surface area contributed by atoms with Gasteiger partial charge in [-0.2, -0.15) is 0 Å². The molecule has 2 heterocycles. The lowest BCUT2D eigenvalue weighted by atomic mass is 9.87. The van der Waals surface area contributed by atoms with Crippen LogP contribution < -0.4 is 4.90 Å². The zero-order valence-corrected chi connectivity index (χ0v) is 12.7. The summed E-state index contributed by atoms with van der Waals surface area (Å²) in [6.45, 7) is 9.73. The molecule has 1 aromatic heterocycles. The second kappa shape index (κ2) is 3.76. The van der Waals surface area contributed by atoms with Gasteiger partial charge in [0.1, 0.15) is 0 Å². The third-order valence-electron chi connectivity index (χ3n) is 5.00. The van der Waals surface area contributed by atoms with Crippen LogP contribution in [0.3, 0.4) is 0 Å². The molecule has 0 amide bonds. The summed E-state index contributed by atoms with van der Waals surface area (Å²) in [6.07, 6.45) is 0. The summed E-state index contributed by atoms with van der Waals surface area (Å²) in [5, 5.41) is 3.58. The summed E-state index contributed by atoms with van der Waals surface area (Å²) in [6, 6.07) is 9.18. The van der Waals surface area contributed by atoms with Crippen molar-refractivity contribution < 1.29 is 0 Å². The lowest BCUT2D eigenvalue weighted by Gasteiger charge is -2.27. The molecule has 1 saturated heterocycles. The van der Waals surface area contributed by atoms with Crippen LogP contribution in [0.25, 0.3) is 10.1 Å². The van der Waals surface area contributed by atoms with Crippen molar-refractivity contribution in [3.05, 3.63) is 29.6 Å². The lowest BCUT2D eigenvalue weighted by Crippen LogP contribution is -2.27. The fraction of sp³-hybridized carbons (Fsp3) is 0.529. The van der Waals surface area contributed by atoms with Crippen molar-refractivity contribution in [2.24, 2.45) is 23.2 Å². The van der Waals surface area contributed by atoms with E-state index in [9.17, 15) is 0 Å². The number of nitrogens with zero attached hydrogens (tertiary/aromatic N) is 1. The van der Waals surface area contributed by atoms with E-state index in [1.54, 1.807) is 0 Å². The smallest absolute Gasteiger partial charge is 0.0373 e. The number of anilines is 1. The van der Waals surface area contributed by atoms with Gasteiger partial charge >= 0.3 is 0 Å². The standard InChI is InChI=1S/C17H21NS/c1-17(2,3)16-13-9-18(10-14(13)16)12-4-5-15-11(8-12)6-7-19-15/h4-8,13-14,16H,9-10H2,1-3H3. The van der Waals surface area contributed by atoms with Crippen LogP contribution in [0.1, 0.15) is 20.8 Å². The lowest BCUT2D eigenvalue weighted by molar-refractivity contribution is 0.309. The third kappa shape index (κ3) is 1.80. The van der Waals surface area contributed by atoms with Gasteiger partial charge in [0, 0.05) is 23.5 Å². The van der Waals surface area contributed by atoms with E-state index < -0.39 is 0 Å². The van der Waals surface area contributed by atoms with E-state index in [1.807, 2.05) is 11.3 Å². The molecule has 2 heteroatoms. The zero-order valence-electron chi connectivity index (χ0n) is 11.9. The van der Waals surface area contributed by atoms with Crippen LogP contribution in [0.4, 0.5) is 5.69 Å². The van der Waals surface area contributed by atoms with E-state index in [1.165, 1.54) is 28.9 Å². The van der Waals surface area contributed by atoms with Gasteiger partial charge < -0.3 is 4.90 Å². The maximum Gasteiger partial charge on any atom is 0.0373 e. The molecular weight excluding hydrogens is 250 g/mol. The fourth-order valence-electron chi connectivity index (χ4n) is 4.17. The first-order valence-corrected chi connectivity index (χ1v) is 8.14. The molecule has 1 aromatic carbocycles. The summed E-state index contributed by atoms with van der Waals surface area (Å²) in [5.41, 5.74) is 1.92. The Balaban J connectivity index is 1.54. The molecule has 1 nitrogen and oxygen atoms in total. The molecule has 1 aliphatic carbocycles. The number of hydrogen-bond acceptors (Lipinski definition) is 2. The Morgan fingerprint density at radius 1 is 1.11 bits per heavy atom. The summed E-state index contributed by atoms with van der Waals surface area (Å²) in [7, 11) is 0. The third-order valence-corrected chi connectivity index (χ3v) is 5.89. The normalized spacial score (nSPS) is 29.8. The van der Waals surface area contributed by atoms with Gasteiger partial charge in [-0.15, -0.1) is 11.3 Å². The van der Waals surface area contributed by atoms with Crippen LogP contribution in [0.15, 0.2) is 29.6 Å². The number of rotatable bonds is 1. The first kappa shape index (κ1) is 11.8. The fourth-order valence-corrected chi connectivity index (χ4v) is 4.94. The first-order chi connectivity index (χ1) is 9.04. The molecule has 2 unspecified atom stereocenters. The van der Waals surface area contributed by atoms with Crippen LogP contribution in [-0.4, -0.2) is 13.1 Å². The highest BCUT2D eigenvalue weighted by atomic mass is 32.1. The van der Waals surface area contributed by atoms with Gasteiger partial charge in [0.15, 0.2) is 0 Å². The Morgan fingerprint density at radius 2 is 1.84 bits per heavy atom. The molecule has 2 aliphatic rings. The summed E-state index contributed by atoms with van der Waals surface area (Å²) in [4.78, 5) is 2.59. The number of piperidine rings is 1. The Kier molecular flexibility index (Phi) is 2.33. The second-order valence-electron chi connectivity index (χ2n) is 7.27. The van der Waals surface area contributed by atoms with Crippen molar-refractivity contribution in [3.63, 3.8) is 0 Å². The highest BCUT2D eigenvalue weighted by Crippen LogP contribution is 2.60. The Hall–Kier alpha value is -1.02. The largest absolute Gasteiger partial charge is 0.371 e. The molecule has 100 valence electrons. The molecule has 0 bridgehead atoms. The van der Waals surface area contributed by atoms with E-state index in [4.69, 9.17) is 0 Å². The Bertz CT molecular complexity index is 609. The molecule has 4 rings (SSSR count). The number of hydrogen-bond donors (Lipinski definition) is 0. The number of fused-ring (bicyclic) bond motifs is 2.